The highest BCUT2D eigenvalue weighted by Gasteiger charge is 2.21. The lowest BCUT2D eigenvalue weighted by molar-refractivity contribution is 0.402. The summed E-state index contributed by atoms with van der Waals surface area (Å²) in [4.78, 5) is -0.271. The minimum absolute atomic E-state index is 0.0547. The number of nitrogens with zero attached hydrogens (tertiary/aromatic N) is 1. The van der Waals surface area contributed by atoms with Crippen molar-refractivity contribution in [1.82, 2.24) is 0 Å². The molecule has 0 saturated carbocycles. The molecule has 1 aromatic carbocycles. The molecule has 0 aliphatic heterocycles. The molecule has 0 aliphatic carbocycles. The van der Waals surface area contributed by atoms with Gasteiger partial charge in [0.2, 0.25) is 0 Å². The van der Waals surface area contributed by atoms with Crippen LogP contribution in [0.3, 0.4) is 0 Å². The van der Waals surface area contributed by atoms with Crippen molar-refractivity contribution in [3.63, 3.8) is 0 Å². The Hall–Kier alpha value is -0.960. The van der Waals surface area contributed by atoms with Crippen molar-refractivity contribution in [2.24, 2.45) is 0 Å². The molecule has 1 aromatic rings. The van der Waals surface area contributed by atoms with Gasteiger partial charge >= 0.3 is 0 Å². The standard InChI is InChI=1S/C8H5Cl2NO3S/c1-14-8-5(4-11)6(9)2-3-7(8)15(10,12)13/h2-3H,1H3. The van der Waals surface area contributed by atoms with Gasteiger partial charge in [0.1, 0.15) is 16.5 Å². The van der Waals surface area contributed by atoms with E-state index in [0.717, 1.165) is 0 Å². The van der Waals surface area contributed by atoms with Crippen molar-refractivity contribution in [3.05, 3.63) is 22.7 Å². The molecule has 0 unspecified atom stereocenters. The second-order valence-corrected chi connectivity index (χ2v) is 5.44. The lowest BCUT2D eigenvalue weighted by Gasteiger charge is -2.08. The lowest BCUT2D eigenvalue weighted by atomic mass is 10.2. The quantitative estimate of drug-likeness (QED) is 0.769. The van der Waals surface area contributed by atoms with E-state index in [9.17, 15) is 8.42 Å². The SMILES string of the molecule is COc1c(S(=O)(=O)Cl)ccc(Cl)c1C#N. The molecule has 0 fully saturated rings. The Labute approximate surface area is 96.4 Å². The summed E-state index contributed by atoms with van der Waals surface area (Å²) in [6.45, 7) is 0. The summed E-state index contributed by atoms with van der Waals surface area (Å²) in [6.07, 6.45) is 0. The van der Waals surface area contributed by atoms with Crippen molar-refractivity contribution in [2.75, 3.05) is 7.11 Å². The number of benzene rings is 1. The molecule has 0 aliphatic rings. The average Bonchev–Trinajstić information content (AvgIpc) is 2.15. The second kappa shape index (κ2) is 4.27. The van der Waals surface area contributed by atoms with E-state index in [1.165, 1.54) is 19.2 Å². The van der Waals surface area contributed by atoms with Gasteiger partial charge in [-0.15, -0.1) is 0 Å². The number of rotatable bonds is 2. The highest BCUT2D eigenvalue weighted by atomic mass is 35.7. The first-order valence-electron chi connectivity index (χ1n) is 3.63. The predicted octanol–water partition coefficient (Wildman–Crippen LogP) is 2.15. The minimum atomic E-state index is -3.96. The number of halogens is 2. The maximum absolute atomic E-state index is 11.1. The topological polar surface area (TPSA) is 67.2 Å². The van der Waals surface area contributed by atoms with Gasteiger partial charge in [-0.2, -0.15) is 5.26 Å². The molecule has 0 heterocycles. The zero-order chi connectivity index (χ0) is 11.6. The number of methoxy groups -OCH3 is 1. The summed E-state index contributed by atoms with van der Waals surface area (Å²) in [5.74, 6) is -0.139. The third-order valence-electron chi connectivity index (χ3n) is 1.65. The Bertz CT molecular complexity index is 534. The lowest BCUT2D eigenvalue weighted by Crippen LogP contribution is -1.99. The second-order valence-electron chi connectivity index (χ2n) is 2.50. The maximum Gasteiger partial charge on any atom is 0.265 e. The molecule has 0 atom stereocenters. The Kier molecular flexibility index (Phi) is 3.45. The van der Waals surface area contributed by atoms with Gasteiger partial charge in [0, 0.05) is 10.7 Å². The van der Waals surface area contributed by atoms with E-state index in [0.29, 0.717) is 0 Å². The van der Waals surface area contributed by atoms with E-state index in [-0.39, 0.29) is 21.2 Å². The smallest absolute Gasteiger partial charge is 0.265 e. The molecule has 0 spiro atoms. The first kappa shape index (κ1) is 12.1. The van der Waals surface area contributed by atoms with Crippen molar-refractivity contribution in [2.45, 2.75) is 4.90 Å². The minimum Gasteiger partial charge on any atom is -0.494 e. The number of hydrogen-bond donors (Lipinski definition) is 0. The van der Waals surface area contributed by atoms with Crippen LogP contribution in [0.1, 0.15) is 5.56 Å². The third kappa shape index (κ3) is 2.34. The summed E-state index contributed by atoms with van der Waals surface area (Å²) in [7, 11) is 2.44. The van der Waals surface area contributed by atoms with Crippen LogP contribution in [-0.2, 0) is 9.05 Å². The monoisotopic (exact) mass is 265 g/mol. The van der Waals surface area contributed by atoms with Crippen LogP contribution in [0.25, 0.3) is 0 Å². The number of nitriles is 1. The van der Waals surface area contributed by atoms with Crippen molar-refractivity contribution in [3.8, 4) is 11.8 Å². The molecular weight excluding hydrogens is 261 g/mol. The summed E-state index contributed by atoms with van der Waals surface area (Å²) >= 11 is 5.69. The van der Waals surface area contributed by atoms with Crippen LogP contribution in [0.15, 0.2) is 17.0 Å². The summed E-state index contributed by atoms with van der Waals surface area (Å²) in [6, 6.07) is 4.21. The van der Waals surface area contributed by atoms with Gasteiger partial charge in [0.15, 0.2) is 5.75 Å². The fourth-order valence-electron chi connectivity index (χ4n) is 1.04. The summed E-state index contributed by atoms with van der Waals surface area (Å²) in [5, 5.41) is 8.88. The molecule has 80 valence electrons. The maximum atomic E-state index is 11.1. The van der Waals surface area contributed by atoms with Crippen LogP contribution < -0.4 is 4.74 Å². The van der Waals surface area contributed by atoms with Crippen LogP contribution >= 0.6 is 22.3 Å². The normalized spacial score (nSPS) is 10.8. The van der Waals surface area contributed by atoms with E-state index in [2.05, 4.69) is 0 Å². The van der Waals surface area contributed by atoms with E-state index >= 15 is 0 Å². The molecule has 7 heteroatoms. The molecule has 0 radical (unpaired) electrons. The van der Waals surface area contributed by atoms with E-state index in [1.54, 1.807) is 6.07 Å². The Morgan fingerprint density at radius 3 is 2.47 bits per heavy atom. The van der Waals surface area contributed by atoms with E-state index in [4.69, 9.17) is 32.3 Å². The first-order valence-corrected chi connectivity index (χ1v) is 6.31. The molecule has 0 N–H and O–H groups in total. The Balaban J connectivity index is 3.66. The zero-order valence-electron chi connectivity index (χ0n) is 7.49. The van der Waals surface area contributed by atoms with Gasteiger partial charge in [-0.25, -0.2) is 8.42 Å². The largest absolute Gasteiger partial charge is 0.494 e. The van der Waals surface area contributed by atoms with Gasteiger partial charge in [-0.1, -0.05) is 11.6 Å². The van der Waals surface area contributed by atoms with Crippen LogP contribution in [-0.4, -0.2) is 15.5 Å². The van der Waals surface area contributed by atoms with Crippen LogP contribution in [0.5, 0.6) is 5.75 Å². The molecule has 0 bridgehead atoms. The Morgan fingerprint density at radius 1 is 1.47 bits per heavy atom. The first-order chi connectivity index (χ1) is 6.91. The molecule has 0 saturated heterocycles. The van der Waals surface area contributed by atoms with Crippen LogP contribution in [0.2, 0.25) is 5.02 Å². The van der Waals surface area contributed by atoms with Gasteiger partial charge in [-0.05, 0) is 12.1 Å². The van der Waals surface area contributed by atoms with Crippen LogP contribution in [0.4, 0.5) is 0 Å². The molecule has 1 rings (SSSR count). The molecule has 0 amide bonds. The summed E-state index contributed by atoms with van der Waals surface area (Å²) < 4.78 is 27.1. The molecule has 15 heavy (non-hydrogen) atoms. The fourth-order valence-corrected chi connectivity index (χ4v) is 2.23. The average molecular weight is 266 g/mol. The van der Waals surface area contributed by atoms with E-state index in [1.807, 2.05) is 0 Å². The van der Waals surface area contributed by atoms with Gasteiger partial charge in [-0.3, -0.25) is 0 Å². The fraction of sp³-hybridized carbons (Fsp3) is 0.125. The van der Waals surface area contributed by atoms with E-state index < -0.39 is 9.05 Å². The van der Waals surface area contributed by atoms with Crippen LogP contribution in [0, 0.1) is 11.3 Å². The molecule has 0 aromatic heterocycles. The third-order valence-corrected chi connectivity index (χ3v) is 3.31. The highest BCUT2D eigenvalue weighted by Crippen LogP contribution is 2.34. The summed E-state index contributed by atoms with van der Waals surface area (Å²) in [5.41, 5.74) is -0.0547. The van der Waals surface area contributed by atoms with Gasteiger partial charge in [0.05, 0.1) is 12.1 Å². The Morgan fingerprint density at radius 2 is 2.07 bits per heavy atom. The van der Waals surface area contributed by atoms with Crippen molar-refractivity contribution < 1.29 is 13.2 Å². The van der Waals surface area contributed by atoms with Crippen molar-refractivity contribution >= 4 is 31.3 Å². The number of hydrogen-bond acceptors (Lipinski definition) is 4. The predicted molar refractivity (Wildman–Crippen MR) is 55.8 cm³/mol. The zero-order valence-corrected chi connectivity index (χ0v) is 9.82. The molecule has 4 nitrogen and oxygen atoms in total. The number of ether oxygens (including phenoxy) is 1. The molecular formula is C8H5Cl2NO3S. The van der Waals surface area contributed by atoms with Crippen molar-refractivity contribution in [1.29, 1.82) is 5.26 Å². The highest BCUT2D eigenvalue weighted by molar-refractivity contribution is 8.13. The van der Waals surface area contributed by atoms with Gasteiger partial charge < -0.3 is 4.74 Å². The van der Waals surface area contributed by atoms with Gasteiger partial charge in [0.25, 0.3) is 9.05 Å².